The predicted octanol–water partition coefficient (Wildman–Crippen LogP) is 2.76. The third-order valence-corrected chi connectivity index (χ3v) is 3.82. The van der Waals surface area contributed by atoms with Gasteiger partial charge < -0.3 is 9.47 Å². The lowest BCUT2D eigenvalue weighted by Gasteiger charge is -2.13. The first-order chi connectivity index (χ1) is 11.2. The molecule has 23 heavy (non-hydrogen) atoms. The fourth-order valence-electron chi connectivity index (χ4n) is 2.72. The van der Waals surface area contributed by atoms with E-state index in [2.05, 4.69) is 0 Å². The Kier molecular flexibility index (Phi) is 3.12. The molecule has 4 rings (SSSR count). The maximum Gasteiger partial charge on any atom is 0.261 e. The number of benzene rings is 2. The minimum absolute atomic E-state index is 0.0994. The molecule has 0 unspecified atom stereocenters. The zero-order valence-electron chi connectivity index (χ0n) is 12.2. The van der Waals surface area contributed by atoms with Crippen LogP contribution in [0.3, 0.4) is 0 Å². The van der Waals surface area contributed by atoms with Crippen LogP contribution < -0.4 is 14.4 Å². The SMILES string of the molecule is O=C1C/C(=C\c2ccccc2)C(=O)N1c1ccc2c(c1)OCO2. The van der Waals surface area contributed by atoms with Crippen molar-refractivity contribution in [3.05, 3.63) is 59.7 Å². The maximum atomic E-state index is 12.6. The van der Waals surface area contributed by atoms with Gasteiger partial charge in [0.1, 0.15) is 0 Å². The Morgan fingerprint density at radius 3 is 2.57 bits per heavy atom. The monoisotopic (exact) mass is 307 g/mol. The van der Waals surface area contributed by atoms with Crippen molar-refractivity contribution in [1.29, 1.82) is 0 Å². The van der Waals surface area contributed by atoms with Crippen molar-refractivity contribution in [2.75, 3.05) is 11.7 Å². The summed E-state index contributed by atoms with van der Waals surface area (Å²) in [5.41, 5.74) is 1.88. The average molecular weight is 307 g/mol. The molecule has 2 amide bonds. The largest absolute Gasteiger partial charge is 0.454 e. The summed E-state index contributed by atoms with van der Waals surface area (Å²) in [6, 6.07) is 14.5. The highest BCUT2D eigenvalue weighted by Crippen LogP contribution is 2.37. The van der Waals surface area contributed by atoms with Gasteiger partial charge >= 0.3 is 0 Å². The number of hydrogen-bond acceptors (Lipinski definition) is 4. The summed E-state index contributed by atoms with van der Waals surface area (Å²) >= 11 is 0. The highest BCUT2D eigenvalue weighted by Gasteiger charge is 2.35. The fourth-order valence-corrected chi connectivity index (χ4v) is 2.72. The third-order valence-electron chi connectivity index (χ3n) is 3.82. The summed E-state index contributed by atoms with van der Waals surface area (Å²) in [6.07, 6.45) is 1.86. The van der Waals surface area contributed by atoms with E-state index in [4.69, 9.17) is 9.47 Å². The van der Waals surface area contributed by atoms with Crippen LogP contribution in [-0.2, 0) is 9.59 Å². The molecule has 114 valence electrons. The molecule has 1 saturated heterocycles. The molecule has 0 bridgehead atoms. The van der Waals surface area contributed by atoms with Crippen molar-refractivity contribution in [2.45, 2.75) is 6.42 Å². The number of ether oxygens (including phenoxy) is 2. The molecule has 2 aliphatic rings. The van der Waals surface area contributed by atoms with Crippen LogP contribution in [0.5, 0.6) is 11.5 Å². The standard InChI is InChI=1S/C18H13NO4/c20-17-9-13(8-12-4-2-1-3-5-12)18(21)19(17)14-6-7-15-16(10-14)23-11-22-15/h1-8,10H,9,11H2/b13-8+. The van der Waals surface area contributed by atoms with Gasteiger partial charge in [-0.25, -0.2) is 4.90 Å². The molecule has 2 aliphatic heterocycles. The summed E-state index contributed by atoms with van der Waals surface area (Å²) in [4.78, 5) is 26.1. The van der Waals surface area contributed by atoms with Gasteiger partial charge in [-0.2, -0.15) is 0 Å². The van der Waals surface area contributed by atoms with Gasteiger partial charge in [-0.05, 0) is 23.8 Å². The van der Waals surface area contributed by atoms with Crippen LogP contribution in [0.4, 0.5) is 5.69 Å². The number of carbonyl (C=O) groups excluding carboxylic acids is 2. The molecule has 2 aromatic carbocycles. The minimum Gasteiger partial charge on any atom is -0.454 e. The molecular formula is C18H13NO4. The summed E-state index contributed by atoms with van der Waals surface area (Å²) in [5, 5.41) is 0. The van der Waals surface area contributed by atoms with Gasteiger partial charge in [0, 0.05) is 11.6 Å². The molecule has 0 atom stereocenters. The van der Waals surface area contributed by atoms with Crippen LogP contribution in [0.25, 0.3) is 6.08 Å². The van der Waals surface area contributed by atoms with Crippen molar-refractivity contribution >= 4 is 23.6 Å². The summed E-state index contributed by atoms with van der Waals surface area (Å²) in [5.74, 6) is 0.630. The van der Waals surface area contributed by atoms with Crippen LogP contribution in [0.15, 0.2) is 54.1 Å². The summed E-state index contributed by atoms with van der Waals surface area (Å²) < 4.78 is 10.6. The van der Waals surface area contributed by atoms with Gasteiger partial charge in [0.05, 0.1) is 12.1 Å². The van der Waals surface area contributed by atoms with Gasteiger partial charge in [-0.15, -0.1) is 0 Å². The highest BCUT2D eigenvalue weighted by atomic mass is 16.7. The number of anilines is 1. The Morgan fingerprint density at radius 2 is 1.74 bits per heavy atom. The summed E-state index contributed by atoms with van der Waals surface area (Å²) in [6.45, 7) is 0.153. The van der Waals surface area contributed by atoms with Crippen molar-refractivity contribution in [3.8, 4) is 11.5 Å². The number of fused-ring (bicyclic) bond motifs is 1. The molecule has 5 nitrogen and oxygen atoms in total. The minimum atomic E-state index is -0.294. The van der Waals surface area contributed by atoms with E-state index in [1.807, 2.05) is 30.3 Å². The molecular weight excluding hydrogens is 294 g/mol. The van der Waals surface area contributed by atoms with Crippen LogP contribution in [0.1, 0.15) is 12.0 Å². The number of amides is 2. The molecule has 0 N–H and O–H groups in total. The van der Waals surface area contributed by atoms with E-state index in [0.29, 0.717) is 22.8 Å². The third kappa shape index (κ3) is 2.36. The van der Waals surface area contributed by atoms with E-state index in [9.17, 15) is 9.59 Å². The predicted molar refractivity (Wildman–Crippen MR) is 84.1 cm³/mol. The number of rotatable bonds is 2. The van der Waals surface area contributed by atoms with Crippen LogP contribution in [0.2, 0.25) is 0 Å². The topological polar surface area (TPSA) is 55.8 Å². The van der Waals surface area contributed by atoms with Crippen LogP contribution >= 0.6 is 0 Å². The molecule has 0 aromatic heterocycles. The quantitative estimate of drug-likeness (QED) is 0.632. The Bertz CT molecular complexity index is 826. The lowest BCUT2D eigenvalue weighted by Crippen LogP contribution is -2.28. The highest BCUT2D eigenvalue weighted by molar-refractivity contribution is 6.29. The van der Waals surface area contributed by atoms with Gasteiger partial charge in [0.2, 0.25) is 12.7 Å². The van der Waals surface area contributed by atoms with E-state index < -0.39 is 0 Å². The number of hydrogen-bond donors (Lipinski definition) is 0. The van der Waals surface area contributed by atoms with Crippen molar-refractivity contribution in [1.82, 2.24) is 0 Å². The maximum absolute atomic E-state index is 12.6. The normalized spacial score (nSPS) is 18.1. The Morgan fingerprint density at radius 1 is 0.957 bits per heavy atom. The van der Waals surface area contributed by atoms with E-state index in [-0.39, 0.29) is 25.0 Å². The average Bonchev–Trinajstić information content (AvgIpc) is 3.13. The number of carbonyl (C=O) groups is 2. The second-order valence-corrected chi connectivity index (χ2v) is 5.33. The van der Waals surface area contributed by atoms with Crippen molar-refractivity contribution in [2.24, 2.45) is 0 Å². The first-order valence-electron chi connectivity index (χ1n) is 7.25. The zero-order chi connectivity index (χ0) is 15.8. The Balaban J connectivity index is 1.67. The number of imide groups is 1. The fraction of sp³-hybridized carbons (Fsp3) is 0.111. The van der Waals surface area contributed by atoms with Gasteiger partial charge in [-0.3, -0.25) is 9.59 Å². The summed E-state index contributed by atoms with van der Waals surface area (Å²) in [7, 11) is 0. The molecule has 2 aromatic rings. The molecule has 0 spiro atoms. The first kappa shape index (κ1) is 13.6. The lowest BCUT2D eigenvalue weighted by molar-refractivity contribution is -0.120. The van der Waals surface area contributed by atoms with E-state index >= 15 is 0 Å². The van der Waals surface area contributed by atoms with E-state index in [0.717, 1.165) is 5.56 Å². The van der Waals surface area contributed by atoms with Crippen molar-refractivity contribution in [3.63, 3.8) is 0 Å². The molecule has 1 fully saturated rings. The smallest absolute Gasteiger partial charge is 0.261 e. The Labute approximate surface area is 132 Å². The second kappa shape index (κ2) is 5.28. The first-order valence-corrected chi connectivity index (χ1v) is 7.25. The van der Waals surface area contributed by atoms with E-state index in [1.54, 1.807) is 24.3 Å². The molecule has 5 heteroatoms. The molecule has 0 radical (unpaired) electrons. The second-order valence-electron chi connectivity index (χ2n) is 5.33. The van der Waals surface area contributed by atoms with E-state index in [1.165, 1.54) is 4.90 Å². The molecule has 2 heterocycles. The van der Waals surface area contributed by atoms with Crippen LogP contribution in [-0.4, -0.2) is 18.6 Å². The Hall–Kier alpha value is -3.08. The number of nitrogens with zero attached hydrogens (tertiary/aromatic N) is 1. The van der Waals surface area contributed by atoms with Gasteiger partial charge in [0.15, 0.2) is 11.5 Å². The molecule has 0 saturated carbocycles. The van der Waals surface area contributed by atoms with Gasteiger partial charge in [0.25, 0.3) is 5.91 Å². The van der Waals surface area contributed by atoms with Crippen LogP contribution in [0, 0.1) is 0 Å². The molecule has 0 aliphatic carbocycles. The van der Waals surface area contributed by atoms with Gasteiger partial charge in [-0.1, -0.05) is 30.3 Å². The van der Waals surface area contributed by atoms with Crippen molar-refractivity contribution < 1.29 is 19.1 Å². The lowest BCUT2D eigenvalue weighted by atomic mass is 10.1. The zero-order valence-corrected chi connectivity index (χ0v) is 12.2.